The molecule has 2 amide bonds. The molecule has 0 unspecified atom stereocenters. The molecule has 0 radical (unpaired) electrons. The van der Waals surface area contributed by atoms with Crippen LogP contribution in [0.3, 0.4) is 0 Å². The Morgan fingerprint density at radius 3 is 2.45 bits per heavy atom. The highest BCUT2D eigenvalue weighted by atomic mass is 16.6. The first-order valence-corrected chi connectivity index (χ1v) is 9.76. The zero-order valence-electron chi connectivity index (χ0n) is 17.5. The molecule has 1 aliphatic heterocycles. The molecule has 160 valence electrons. The van der Waals surface area contributed by atoms with Crippen molar-refractivity contribution in [1.82, 2.24) is 9.80 Å². The molecule has 1 aromatic carbocycles. The molecule has 0 bridgehead atoms. The van der Waals surface area contributed by atoms with Crippen molar-refractivity contribution in [1.29, 1.82) is 0 Å². The number of β-amino-alcohol motifs (C(OH)–C–C–N with tert-alkyl or cyclic N) is 1. The lowest BCUT2D eigenvalue weighted by Crippen LogP contribution is -2.50. The van der Waals surface area contributed by atoms with Crippen molar-refractivity contribution in [3.8, 4) is 0 Å². The molecule has 8 nitrogen and oxygen atoms in total. The number of ether oxygens (including phenoxy) is 2. The second-order valence-corrected chi connectivity index (χ2v) is 8.02. The van der Waals surface area contributed by atoms with Gasteiger partial charge in [-0.3, -0.25) is 14.5 Å². The molecule has 8 heteroatoms. The van der Waals surface area contributed by atoms with Gasteiger partial charge in [0.25, 0.3) is 0 Å². The van der Waals surface area contributed by atoms with Gasteiger partial charge in [0.1, 0.15) is 18.2 Å². The van der Waals surface area contributed by atoms with E-state index in [1.165, 1.54) is 9.80 Å². The molecule has 1 aromatic rings. The van der Waals surface area contributed by atoms with Crippen molar-refractivity contribution >= 4 is 18.0 Å². The third-order valence-corrected chi connectivity index (χ3v) is 4.35. The van der Waals surface area contributed by atoms with Crippen molar-refractivity contribution in [3.05, 3.63) is 35.9 Å². The number of amides is 2. The Hall–Kier alpha value is -2.61. The Morgan fingerprint density at radius 1 is 1.21 bits per heavy atom. The van der Waals surface area contributed by atoms with E-state index in [0.29, 0.717) is 0 Å². The lowest BCUT2D eigenvalue weighted by molar-refractivity contribution is -0.150. The highest BCUT2D eigenvalue weighted by molar-refractivity contribution is 5.89. The lowest BCUT2D eigenvalue weighted by Gasteiger charge is -2.31. The largest absolute Gasteiger partial charge is 0.465 e. The second kappa shape index (κ2) is 9.73. The van der Waals surface area contributed by atoms with E-state index >= 15 is 0 Å². The summed E-state index contributed by atoms with van der Waals surface area (Å²) in [6.45, 7) is 7.05. The molecule has 1 heterocycles. The fraction of sp³-hybridized carbons (Fsp3) is 0.571. The van der Waals surface area contributed by atoms with Crippen LogP contribution in [0.5, 0.6) is 0 Å². The van der Waals surface area contributed by atoms with Crippen LogP contribution in [0.4, 0.5) is 4.79 Å². The van der Waals surface area contributed by atoms with E-state index in [-0.39, 0.29) is 32.7 Å². The molecule has 1 aliphatic rings. The van der Waals surface area contributed by atoms with Crippen LogP contribution in [-0.4, -0.2) is 70.3 Å². The summed E-state index contributed by atoms with van der Waals surface area (Å²) in [6.07, 6.45) is -1.41. The molecule has 0 aromatic heterocycles. The number of aliphatic hydroxyl groups excluding tert-OH is 1. The average molecular weight is 406 g/mol. The van der Waals surface area contributed by atoms with E-state index in [1.807, 2.05) is 30.3 Å². The number of hydrogen-bond donors (Lipinski definition) is 1. The van der Waals surface area contributed by atoms with Gasteiger partial charge in [-0.15, -0.1) is 0 Å². The predicted octanol–water partition coefficient (Wildman–Crippen LogP) is 1.95. The van der Waals surface area contributed by atoms with Gasteiger partial charge in [0.15, 0.2) is 0 Å². The minimum atomic E-state index is -0.905. The summed E-state index contributed by atoms with van der Waals surface area (Å²) in [6, 6.07) is 8.33. The lowest BCUT2D eigenvalue weighted by atomic mass is 10.1. The van der Waals surface area contributed by atoms with Crippen LogP contribution >= 0.6 is 0 Å². The molecule has 29 heavy (non-hydrogen) atoms. The first-order chi connectivity index (χ1) is 13.6. The van der Waals surface area contributed by atoms with Gasteiger partial charge in [0.05, 0.1) is 19.3 Å². The molecule has 0 saturated carbocycles. The predicted molar refractivity (Wildman–Crippen MR) is 106 cm³/mol. The van der Waals surface area contributed by atoms with Crippen molar-refractivity contribution in [2.75, 3.05) is 19.7 Å². The maximum Gasteiger partial charge on any atom is 0.411 e. The van der Waals surface area contributed by atoms with Crippen LogP contribution in [0, 0.1) is 0 Å². The minimum Gasteiger partial charge on any atom is -0.465 e. The molecule has 2 rings (SSSR count). The zero-order chi connectivity index (χ0) is 21.6. The van der Waals surface area contributed by atoms with Crippen LogP contribution in [-0.2, 0) is 25.6 Å². The van der Waals surface area contributed by atoms with Crippen molar-refractivity contribution in [2.45, 2.75) is 58.4 Å². The smallest absolute Gasteiger partial charge is 0.411 e. The zero-order valence-corrected chi connectivity index (χ0v) is 17.5. The molecular formula is C21H30N2O6. The Labute approximate surface area is 171 Å². The van der Waals surface area contributed by atoms with Crippen molar-refractivity contribution in [3.63, 3.8) is 0 Å². The van der Waals surface area contributed by atoms with E-state index in [2.05, 4.69) is 0 Å². The quantitative estimate of drug-likeness (QED) is 0.726. The van der Waals surface area contributed by atoms with Gasteiger partial charge >= 0.3 is 12.1 Å². The highest BCUT2D eigenvalue weighted by Gasteiger charge is 2.42. The van der Waals surface area contributed by atoms with Gasteiger partial charge in [-0.05, 0) is 33.3 Å². The molecule has 2 atom stereocenters. The number of likely N-dealkylation sites (tertiary alicyclic amines) is 1. The van der Waals surface area contributed by atoms with Crippen LogP contribution < -0.4 is 0 Å². The Kier molecular flexibility index (Phi) is 7.61. The number of nitrogens with zero attached hydrogens (tertiary/aromatic N) is 2. The number of carbonyl (C=O) groups is 3. The number of hydrogen-bond acceptors (Lipinski definition) is 6. The first kappa shape index (κ1) is 22.7. The third kappa shape index (κ3) is 6.74. The maximum atomic E-state index is 13.3. The number of rotatable bonds is 6. The second-order valence-electron chi connectivity index (χ2n) is 8.02. The SMILES string of the molecule is CCOC(=O)CN(Cc1ccccc1)C(=O)[C@@H]1C[C@@H](O)CN1C(=O)OC(C)(C)C. The summed E-state index contributed by atoms with van der Waals surface area (Å²) in [5, 5.41) is 10.1. The number of esters is 1. The Morgan fingerprint density at radius 2 is 1.86 bits per heavy atom. The van der Waals surface area contributed by atoms with E-state index in [1.54, 1.807) is 27.7 Å². The molecule has 0 aliphatic carbocycles. The number of benzene rings is 1. The van der Waals surface area contributed by atoms with Gasteiger partial charge in [0.2, 0.25) is 5.91 Å². The van der Waals surface area contributed by atoms with E-state index in [0.717, 1.165) is 5.56 Å². The van der Waals surface area contributed by atoms with Crippen LogP contribution in [0.2, 0.25) is 0 Å². The van der Waals surface area contributed by atoms with Gasteiger partial charge in [-0.25, -0.2) is 4.79 Å². The van der Waals surface area contributed by atoms with E-state index < -0.39 is 35.7 Å². The molecular weight excluding hydrogens is 376 g/mol. The van der Waals surface area contributed by atoms with Crippen molar-refractivity contribution < 1.29 is 29.0 Å². The normalized spacial score (nSPS) is 19.0. The van der Waals surface area contributed by atoms with Crippen LogP contribution in [0.25, 0.3) is 0 Å². The van der Waals surface area contributed by atoms with Gasteiger partial charge in [0, 0.05) is 13.0 Å². The van der Waals surface area contributed by atoms with Gasteiger partial charge in [-0.1, -0.05) is 30.3 Å². The molecule has 0 spiro atoms. The summed E-state index contributed by atoms with van der Waals surface area (Å²) >= 11 is 0. The number of carbonyl (C=O) groups excluding carboxylic acids is 3. The monoisotopic (exact) mass is 406 g/mol. The summed E-state index contributed by atoms with van der Waals surface area (Å²) in [7, 11) is 0. The highest BCUT2D eigenvalue weighted by Crippen LogP contribution is 2.24. The molecule has 1 fully saturated rings. The first-order valence-electron chi connectivity index (χ1n) is 9.76. The summed E-state index contributed by atoms with van der Waals surface area (Å²) < 4.78 is 10.4. The summed E-state index contributed by atoms with van der Waals surface area (Å²) in [4.78, 5) is 40.5. The Balaban J connectivity index is 2.22. The number of aliphatic hydroxyl groups is 1. The minimum absolute atomic E-state index is 0.00387. The van der Waals surface area contributed by atoms with Gasteiger partial charge < -0.3 is 19.5 Å². The fourth-order valence-corrected chi connectivity index (χ4v) is 3.16. The van der Waals surface area contributed by atoms with Crippen LogP contribution in [0.1, 0.15) is 39.7 Å². The Bertz CT molecular complexity index is 716. The van der Waals surface area contributed by atoms with E-state index in [4.69, 9.17) is 9.47 Å². The summed E-state index contributed by atoms with van der Waals surface area (Å²) in [5.41, 5.74) is 0.111. The van der Waals surface area contributed by atoms with E-state index in [9.17, 15) is 19.5 Å². The fourth-order valence-electron chi connectivity index (χ4n) is 3.16. The summed E-state index contributed by atoms with van der Waals surface area (Å²) in [5.74, 6) is -0.955. The van der Waals surface area contributed by atoms with Crippen molar-refractivity contribution in [2.24, 2.45) is 0 Å². The topological polar surface area (TPSA) is 96.4 Å². The third-order valence-electron chi connectivity index (χ3n) is 4.35. The molecule has 1 saturated heterocycles. The average Bonchev–Trinajstić information content (AvgIpc) is 3.02. The molecule has 1 N–H and O–H groups in total. The maximum absolute atomic E-state index is 13.3. The van der Waals surface area contributed by atoms with Gasteiger partial charge in [-0.2, -0.15) is 0 Å². The van der Waals surface area contributed by atoms with Crippen LogP contribution in [0.15, 0.2) is 30.3 Å². The standard InChI is InChI=1S/C21H30N2O6/c1-5-28-18(25)14-22(12-15-9-7-6-8-10-15)19(26)17-11-16(24)13-23(17)20(27)29-21(2,3)4/h6-10,16-17,24H,5,11-14H2,1-4H3/t16-,17+/m1/s1.